The minimum Gasteiger partial charge on any atom is -0.490 e. The molecule has 0 saturated heterocycles. The van der Waals surface area contributed by atoms with Gasteiger partial charge >= 0.3 is 0 Å². The van der Waals surface area contributed by atoms with E-state index >= 15 is 0 Å². The predicted octanol–water partition coefficient (Wildman–Crippen LogP) is 3.52. The number of aliphatic hydroxyl groups is 1. The van der Waals surface area contributed by atoms with Crippen LogP contribution >= 0.6 is 15.9 Å². The van der Waals surface area contributed by atoms with Crippen LogP contribution in [0, 0.1) is 20.8 Å². The molecule has 1 aromatic heterocycles. The van der Waals surface area contributed by atoms with Crippen molar-refractivity contribution in [3.8, 4) is 5.75 Å². The first-order valence-electron chi connectivity index (χ1n) is 8.39. The van der Waals surface area contributed by atoms with Gasteiger partial charge in [-0.25, -0.2) is 4.98 Å². The van der Waals surface area contributed by atoms with Crippen LogP contribution in [0.15, 0.2) is 45.9 Å². The zero-order valence-electron chi connectivity index (χ0n) is 15.0. The molecule has 5 nitrogen and oxygen atoms in total. The third-order valence-corrected chi connectivity index (χ3v) is 4.98. The van der Waals surface area contributed by atoms with Gasteiger partial charge in [0.15, 0.2) is 0 Å². The average Bonchev–Trinajstić information content (AvgIpc) is 2.61. The maximum absolute atomic E-state index is 12.6. The Morgan fingerprint density at radius 2 is 1.92 bits per heavy atom. The van der Waals surface area contributed by atoms with E-state index in [-0.39, 0.29) is 18.7 Å². The monoisotopic (exact) mass is 416 g/mol. The summed E-state index contributed by atoms with van der Waals surface area (Å²) in [5.41, 5.74) is 3.67. The summed E-state index contributed by atoms with van der Waals surface area (Å²) in [6.45, 7) is 6.23. The first kappa shape index (κ1) is 18.6. The number of hydrogen-bond donors (Lipinski definition) is 1. The van der Waals surface area contributed by atoms with E-state index in [0.29, 0.717) is 10.9 Å². The van der Waals surface area contributed by atoms with Gasteiger partial charge in [-0.15, -0.1) is 0 Å². The molecule has 0 radical (unpaired) electrons. The fourth-order valence-corrected chi connectivity index (χ4v) is 3.23. The quantitative estimate of drug-likeness (QED) is 0.690. The third kappa shape index (κ3) is 3.81. The SMILES string of the molecule is Cc1ccc(C)c(OC[C@H](O)Cn2cnc3ccc(Br)cc3c2=O)c1C. The summed E-state index contributed by atoms with van der Waals surface area (Å²) in [7, 11) is 0. The van der Waals surface area contributed by atoms with Gasteiger partial charge in [0.25, 0.3) is 5.56 Å². The lowest BCUT2D eigenvalue weighted by Crippen LogP contribution is -2.30. The molecule has 0 spiro atoms. The van der Waals surface area contributed by atoms with Crippen LogP contribution in [0.4, 0.5) is 0 Å². The number of ether oxygens (including phenoxy) is 1. The van der Waals surface area contributed by atoms with Crippen LogP contribution < -0.4 is 10.3 Å². The lowest BCUT2D eigenvalue weighted by molar-refractivity contribution is 0.0908. The Labute approximate surface area is 160 Å². The molecule has 0 aliphatic heterocycles. The molecular formula is C20H21BrN2O3. The van der Waals surface area contributed by atoms with Gasteiger partial charge < -0.3 is 9.84 Å². The molecule has 1 atom stereocenters. The van der Waals surface area contributed by atoms with Crippen molar-refractivity contribution in [1.82, 2.24) is 9.55 Å². The van der Waals surface area contributed by atoms with Crippen molar-refractivity contribution in [2.24, 2.45) is 0 Å². The van der Waals surface area contributed by atoms with E-state index in [0.717, 1.165) is 26.9 Å². The second kappa shape index (κ2) is 7.60. The van der Waals surface area contributed by atoms with E-state index in [9.17, 15) is 9.90 Å². The normalized spacial score (nSPS) is 12.3. The van der Waals surface area contributed by atoms with Crippen LogP contribution in [0.3, 0.4) is 0 Å². The number of aromatic nitrogens is 2. The summed E-state index contributed by atoms with van der Waals surface area (Å²) in [5, 5.41) is 10.9. The molecule has 0 fully saturated rings. The smallest absolute Gasteiger partial charge is 0.261 e. The van der Waals surface area contributed by atoms with Crippen LogP contribution in [0.5, 0.6) is 5.75 Å². The highest BCUT2D eigenvalue weighted by atomic mass is 79.9. The summed E-state index contributed by atoms with van der Waals surface area (Å²) < 4.78 is 8.07. The summed E-state index contributed by atoms with van der Waals surface area (Å²) in [6, 6.07) is 9.41. The van der Waals surface area contributed by atoms with Gasteiger partial charge in [-0.3, -0.25) is 9.36 Å². The van der Waals surface area contributed by atoms with Gasteiger partial charge in [-0.05, 0) is 55.7 Å². The van der Waals surface area contributed by atoms with Gasteiger partial charge in [-0.1, -0.05) is 28.1 Å². The molecule has 3 aromatic rings. The summed E-state index contributed by atoms with van der Waals surface area (Å²) >= 11 is 3.37. The summed E-state index contributed by atoms with van der Waals surface area (Å²) in [6.07, 6.45) is 0.642. The molecule has 0 unspecified atom stereocenters. The van der Waals surface area contributed by atoms with Gasteiger partial charge in [-0.2, -0.15) is 0 Å². The Morgan fingerprint density at radius 1 is 1.19 bits per heavy atom. The molecular weight excluding hydrogens is 396 g/mol. The van der Waals surface area contributed by atoms with Crippen molar-refractivity contribution < 1.29 is 9.84 Å². The fraction of sp³-hybridized carbons (Fsp3) is 0.300. The van der Waals surface area contributed by atoms with Crippen LogP contribution in [0.2, 0.25) is 0 Å². The lowest BCUT2D eigenvalue weighted by atomic mass is 10.1. The third-order valence-electron chi connectivity index (χ3n) is 4.49. The number of halogens is 1. The van der Waals surface area contributed by atoms with Crippen LogP contribution in [0.1, 0.15) is 16.7 Å². The predicted molar refractivity (Wildman–Crippen MR) is 106 cm³/mol. The lowest BCUT2D eigenvalue weighted by Gasteiger charge is -2.17. The number of aliphatic hydroxyl groups excluding tert-OH is 1. The maximum atomic E-state index is 12.6. The highest BCUT2D eigenvalue weighted by Crippen LogP contribution is 2.25. The molecule has 136 valence electrons. The zero-order chi connectivity index (χ0) is 18.8. The average molecular weight is 417 g/mol. The van der Waals surface area contributed by atoms with Crippen molar-refractivity contribution in [3.63, 3.8) is 0 Å². The van der Waals surface area contributed by atoms with E-state index in [1.165, 1.54) is 10.9 Å². The van der Waals surface area contributed by atoms with Crippen molar-refractivity contribution in [2.75, 3.05) is 6.61 Å². The highest BCUT2D eigenvalue weighted by Gasteiger charge is 2.13. The minimum atomic E-state index is -0.821. The Bertz CT molecular complexity index is 1010. The van der Waals surface area contributed by atoms with Gasteiger partial charge in [0.1, 0.15) is 18.5 Å². The van der Waals surface area contributed by atoms with Crippen molar-refractivity contribution in [2.45, 2.75) is 33.4 Å². The van der Waals surface area contributed by atoms with Crippen LogP contribution in [-0.2, 0) is 6.54 Å². The van der Waals surface area contributed by atoms with Gasteiger partial charge in [0.2, 0.25) is 0 Å². The Morgan fingerprint density at radius 3 is 2.69 bits per heavy atom. The molecule has 0 bridgehead atoms. The molecule has 26 heavy (non-hydrogen) atoms. The Kier molecular flexibility index (Phi) is 5.44. The number of hydrogen-bond acceptors (Lipinski definition) is 4. The number of fused-ring (bicyclic) bond motifs is 1. The molecule has 0 aliphatic carbocycles. The standard InChI is InChI=1S/C20H21BrN2O3/c1-12-4-5-13(2)19(14(12)3)26-10-16(24)9-23-11-22-18-7-6-15(21)8-17(18)20(23)25/h4-8,11,16,24H,9-10H2,1-3H3/t16-/m1/s1. The maximum Gasteiger partial charge on any atom is 0.261 e. The van der Waals surface area contributed by atoms with Crippen molar-refractivity contribution in [3.05, 3.63) is 68.2 Å². The number of aryl methyl sites for hydroxylation is 2. The molecule has 0 aliphatic rings. The molecule has 3 rings (SSSR count). The van der Waals surface area contributed by atoms with Gasteiger partial charge in [0, 0.05) is 4.47 Å². The number of benzene rings is 2. The first-order chi connectivity index (χ1) is 12.4. The zero-order valence-corrected chi connectivity index (χ0v) is 16.6. The molecule has 2 aromatic carbocycles. The molecule has 1 heterocycles. The molecule has 6 heteroatoms. The van der Waals surface area contributed by atoms with E-state index in [2.05, 4.69) is 20.9 Å². The fourth-order valence-electron chi connectivity index (χ4n) is 2.87. The van der Waals surface area contributed by atoms with Crippen molar-refractivity contribution in [1.29, 1.82) is 0 Å². The first-order valence-corrected chi connectivity index (χ1v) is 9.18. The summed E-state index contributed by atoms with van der Waals surface area (Å²) in [4.78, 5) is 16.9. The van der Waals surface area contributed by atoms with Crippen LogP contribution in [0.25, 0.3) is 10.9 Å². The Balaban J connectivity index is 1.76. The van der Waals surface area contributed by atoms with Crippen LogP contribution in [-0.4, -0.2) is 27.4 Å². The minimum absolute atomic E-state index is 0.105. The van der Waals surface area contributed by atoms with E-state index in [4.69, 9.17) is 4.74 Å². The second-order valence-corrected chi connectivity index (χ2v) is 7.40. The molecule has 0 amide bonds. The number of nitrogens with zero attached hydrogens (tertiary/aromatic N) is 2. The number of rotatable bonds is 5. The topological polar surface area (TPSA) is 64.3 Å². The Hall–Kier alpha value is -2.18. The largest absolute Gasteiger partial charge is 0.490 e. The second-order valence-electron chi connectivity index (χ2n) is 6.48. The molecule has 1 N–H and O–H groups in total. The summed E-state index contributed by atoms with van der Waals surface area (Å²) in [5.74, 6) is 0.789. The van der Waals surface area contributed by atoms with E-state index in [1.54, 1.807) is 12.1 Å². The highest BCUT2D eigenvalue weighted by molar-refractivity contribution is 9.10. The van der Waals surface area contributed by atoms with E-state index < -0.39 is 6.10 Å². The van der Waals surface area contributed by atoms with Crippen molar-refractivity contribution >= 4 is 26.8 Å². The van der Waals surface area contributed by atoms with Gasteiger partial charge in [0.05, 0.1) is 23.8 Å². The molecule has 0 saturated carbocycles. The van der Waals surface area contributed by atoms with E-state index in [1.807, 2.05) is 39.0 Å².